The van der Waals surface area contributed by atoms with E-state index in [1.807, 2.05) is 12.1 Å². The van der Waals surface area contributed by atoms with Crippen molar-refractivity contribution in [2.24, 2.45) is 0 Å². The Morgan fingerprint density at radius 3 is 1.38 bits per heavy atom. The van der Waals surface area contributed by atoms with Gasteiger partial charge in [0.05, 0.1) is 27.8 Å². The minimum Gasteiger partial charge on any atom is -0.311 e. The normalized spacial score (nSPS) is 15.2. The number of aryl methyl sites for hydroxylation is 2. The number of aromatic nitrogens is 2. The molecular weight excluding hydrogens is 884 g/mol. The molecule has 11 aromatic rings. The van der Waals surface area contributed by atoms with Crippen LogP contribution in [0.5, 0.6) is 0 Å². The molecule has 358 valence electrons. The van der Waals surface area contributed by atoms with Crippen LogP contribution in [0.3, 0.4) is 0 Å². The Morgan fingerprint density at radius 2 is 0.822 bits per heavy atom. The fraction of sp³-hybridized carbons (Fsp3) is 0.206. The van der Waals surface area contributed by atoms with Crippen molar-refractivity contribution in [3.05, 3.63) is 210 Å². The zero-order valence-corrected chi connectivity index (χ0v) is 43.2. The second-order valence-corrected chi connectivity index (χ2v) is 23.5. The Bertz CT molecular complexity index is 4210. The summed E-state index contributed by atoms with van der Waals surface area (Å²) < 4.78 is 55.5. The molecule has 0 saturated heterocycles. The van der Waals surface area contributed by atoms with Crippen LogP contribution in [0.1, 0.15) is 98.4 Å². The van der Waals surface area contributed by atoms with Crippen LogP contribution in [0.2, 0.25) is 0 Å². The molecule has 0 radical (unpaired) electrons. The first-order valence-corrected chi connectivity index (χ1v) is 25.7. The lowest BCUT2D eigenvalue weighted by molar-refractivity contribution is 0.590. The molecule has 73 heavy (non-hydrogen) atoms. The van der Waals surface area contributed by atoms with E-state index < -0.39 is 13.7 Å². The maximum Gasteiger partial charge on any atom is 0.252 e. The van der Waals surface area contributed by atoms with Crippen LogP contribution in [0.4, 0.5) is 34.1 Å². The summed E-state index contributed by atoms with van der Waals surface area (Å²) in [5, 5.41) is 3.70. The number of anilines is 6. The van der Waals surface area contributed by atoms with E-state index in [0.29, 0.717) is 10.8 Å². The second kappa shape index (κ2) is 15.9. The summed E-state index contributed by atoms with van der Waals surface area (Å²) in [5.74, 6) is 0. The lowest BCUT2D eigenvalue weighted by atomic mass is 9.33. The lowest BCUT2D eigenvalue weighted by Crippen LogP contribution is -2.61. The molecule has 2 aliphatic heterocycles. The Balaban J connectivity index is 1.21. The fourth-order valence-electron chi connectivity index (χ4n) is 12.0. The summed E-state index contributed by atoms with van der Waals surface area (Å²) in [4.78, 5) is 4.92. The first kappa shape index (κ1) is 38.9. The molecule has 0 bridgehead atoms. The van der Waals surface area contributed by atoms with E-state index in [9.17, 15) is 0 Å². The molecule has 2 aliphatic rings. The molecule has 0 fully saturated rings. The van der Waals surface area contributed by atoms with Crippen molar-refractivity contribution in [2.45, 2.75) is 92.3 Å². The molecular formula is C68H63BN4. The third-order valence-corrected chi connectivity index (χ3v) is 15.7. The van der Waals surface area contributed by atoms with Gasteiger partial charge in [0.2, 0.25) is 0 Å². The quantitative estimate of drug-likeness (QED) is 0.163. The highest BCUT2D eigenvalue weighted by Gasteiger charge is 2.45. The van der Waals surface area contributed by atoms with Gasteiger partial charge in [-0.25, -0.2) is 0 Å². The van der Waals surface area contributed by atoms with Crippen molar-refractivity contribution in [3.8, 4) is 11.4 Å². The maximum absolute atomic E-state index is 8.49. The number of para-hydroxylation sites is 2. The number of nitrogens with zero attached hydrogens (tertiary/aromatic N) is 4. The summed E-state index contributed by atoms with van der Waals surface area (Å²) in [6.07, 6.45) is 0. The molecule has 0 spiro atoms. The van der Waals surface area contributed by atoms with Crippen molar-refractivity contribution in [2.75, 3.05) is 9.80 Å². The van der Waals surface area contributed by atoms with Crippen LogP contribution in [-0.4, -0.2) is 15.8 Å². The molecule has 13 rings (SSSR count). The van der Waals surface area contributed by atoms with Gasteiger partial charge in [-0.3, -0.25) is 0 Å². The van der Waals surface area contributed by atoms with Gasteiger partial charge in [-0.1, -0.05) is 164 Å². The van der Waals surface area contributed by atoms with Crippen LogP contribution in [0.25, 0.3) is 55.0 Å². The van der Waals surface area contributed by atoms with Crippen LogP contribution in [0, 0.1) is 13.7 Å². The Morgan fingerprint density at radius 1 is 0.342 bits per heavy atom. The predicted molar refractivity (Wildman–Crippen MR) is 315 cm³/mol. The first-order valence-electron chi connectivity index (χ1n) is 28.7. The molecule has 0 atom stereocenters. The van der Waals surface area contributed by atoms with E-state index in [4.69, 9.17) is 8.22 Å². The van der Waals surface area contributed by atoms with Crippen molar-refractivity contribution >= 4 is 101 Å². The van der Waals surface area contributed by atoms with Crippen molar-refractivity contribution in [3.63, 3.8) is 0 Å². The SMILES string of the molecule is [2H]C([2H])([2H])c1ccc2c(c1)c1cc(C([2H])([2H])[2H])ccc1n2-c1cc2c3c(c1)N(c1ccc(C(C)(C)C)cc1)c1cc4c(cc1B3c1cc(C(C)(C)C)ccc1N2c1ccc(C(C)(C)C)cc1)c1ccccc1n4-c1ccccc1. The number of benzene rings is 9. The smallest absolute Gasteiger partial charge is 0.252 e. The minimum atomic E-state index is -2.38. The third kappa shape index (κ3) is 7.02. The largest absolute Gasteiger partial charge is 0.311 e. The molecule has 4 heterocycles. The number of rotatable bonds is 4. The summed E-state index contributed by atoms with van der Waals surface area (Å²) in [7, 11) is 0. The van der Waals surface area contributed by atoms with E-state index >= 15 is 0 Å². The minimum absolute atomic E-state index is 0.0682. The third-order valence-electron chi connectivity index (χ3n) is 15.7. The van der Waals surface area contributed by atoms with E-state index in [-0.39, 0.29) is 34.1 Å². The van der Waals surface area contributed by atoms with Gasteiger partial charge in [-0.2, -0.15) is 0 Å². The highest BCUT2D eigenvalue weighted by molar-refractivity contribution is 7.00. The first-order chi connectivity index (χ1) is 37.3. The standard InChI is InChI=1S/C68H63BN4/c1-42-21-32-58-52(35-42)53-36-43(2)22-33-59(53)73(58)50-38-63-65-64(39-50)72(49-30-25-45(26-31-49)67(6,7)8)62-41-61-54(51-19-15-16-20-57(51)70(61)47-17-13-12-14-18-47)40-56(62)69(65)55-37-46(68(9,10)11)27-34-60(55)71(63)48-28-23-44(24-29-48)66(3,4)5/h12-41H,1-11H3/i1D3,2D3. The Hall–Kier alpha value is -7.76. The molecule has 0 saturated carbocycles. The van der Waals surface area contributed by atoms with Crippen molar-refractivity contribution in [1.29, 1.82) is 0 Å². The van der Waals surface area contributed by atoms with Gasteiger partial charge in [0.1, 0.15) is 0 Å². The molecule has 0 unspecified atom stereocenters. The van der Waals surface area contributed by atoms with Crippen LogP contribution in [0.15, 0.2) is 182 Å². The number of hydrogen-bond acceptors (Lipinski definition) is 2. The van der Waals surface area contributed by atoms with E-state index in [2.05, 4.69) is 227 Å². The van der Waals surface area contributed by atoms with Crippen LogP contribution in [-0.2, 0) is 16.2 Å². The Kier molecular flexibility index (Phi) is 8.45. The van der Waals surface area contributed by atoms with Gasteiger partial charge in [-0.05, 0) is 154 Å². The van der Waals surface area contributed by atoms with Gasteiger partial charge in [0.25, 0.3) is 6.71 Å². The lowest BCUT2D eigenvalue weighted by Gasteiger charge is -2.45. The highest BCUT2D eigenvalue weighted by atomic mass is 15.2. The molecule has 2 aromatic heterocycles. The highest BCUT2D eigenvalue weighted by Crippen LogP contribution is 2.49. The van der Waals surface area contributed by atoms with Crippen LogP contribution < -0.4 is 26.2 Å². The zero-order valence-electron chi connectivity index (χ0n) is 49.2. The van der Waals surface area contributed by atoms with Gasteiger partial charge in [0, 0.05) is 69.6 Å². The Labute approximate surface area is 439 Å². The van der Waals surface area contributed by atoms with E-state index in [0.717, 1.165) is 73.0 Å². The summed E-state index contributed by atoms with van der Waals surface area (Å²) in [5.41, 5.74) is 19.3. The summed E-state index contributed by atoms with van der Waals surface area (Å²) >= 11 is 0. The molecule has 5 heteroatoms. The number of hydrogen-bond donors (Lipinski definition) is 0. The van der Waals surface area contributed by atoms with Crippen molar-refractivity contribution < 1.29 is 8.22 Å². The topological polar surface area (TPSA) is 16.3 Å². The maximum atomic E-state index is 8.49. The van der Waals surface area contributed by atoms with Gasteiger partial charge < -0.3 is 18.9 Å². The van der Waals surface area contributed by atoms with E-state index in [1.165, 1.54) is 38.4 Å². The average molecular weight is 953 g/mol. The van der Waals surface area contributed by atoms with Gasteiger partial charge in [0.15, 0.2) is 0 Å². The summed E-state index contributed by atoms with van der Waals surface area (Å²) in [6.45, 7) is 15.4. The molecule has 4 nitrogen and oxygen atoms in total. The molecule has 9 aromatic carbocycles. The fourth-order valence-corrected chi connectivity index (χ4v) is 12.0. The monoisotopic (exact) mass is 953 g/mol. The second-order valence-electron chi connectivity index (χ2n) is 23.5. The molecule has 0 N–H and O–H groups in total. The van der Waals surface area contributed by atoms with Crippen molar-refractivity contribution in [1.82, 2.24) is 9.13 Å². The van der Waals surface area contributed by atoms with Crippen LogP contribution >= 0.6 is 0 Å². The van der Waals surface area contributed by atoms with E-state index in [1.54, 1.807) is 24.3 Å². The predicted octanol–water partition coefficient (Wildman–Crippen LogP) is 16.5. The molecule has 0 amide bonds. The summed E-state index contributed by atoms with van der Waals surface area (Å²) in [6, 6.07) is 64.7. The number of fused-ring (bicyclic) bond motifs is 10. The zero-order chi connectivity index (χ0) is 55.5. The van der Waals surface area contributed by atoms with Gasteiger partial charge in [-0.15, -0.1) is 0 Å². The van der Waals surface area contributed by atoms with Gasteiger partial charge >= 0.3 is 0 Å². The average Bonchev–Trinajstić information content (AvgIpc) is 3.53. The molecule has 0 aliphatic carbocycles.